The number of ether oxygens (including phenoxy) is 3. The normalized spacial score (nSPS) is 42.5. The van der Waals surface area contributed by atoms with Crippen LogP contribution in [-0.2, 0) is 20.7 Å². The first-order chi connectivity index (χ1) is 20.6. The van der Waals surface area contributed by atoms with E-state index in [0.29, 0.717) is 18.3 Å². The molecular formula is C32H48As2O9. The van der Waals surface area contributed by atoms with Gasteiger partial charge in [-0.3, -0.25) is 0 Å². The molecule has 2 aliphatic heterocycles. The first-order valence-corrected chi connectivity index (χ1v) is 25.8. The molecule has 3 aliphatic carbocycles. The average Bonchev–Trinajstić information content (AvgIpc) is 3.21. The molecular weight excluding hydrogens is 678 g/mol. The summed E-state index contributed by atoms with van der Waals surface area (Å²) in [5.74, 6) is 0.782. The second-order valence-corrected chi connectivity index (χ2v) is 28.3. The zero-order chi connectivity index (χ0) is 30.5. The summed E-state index contributed by atoms with van der Waals surface area (Å²) >= 11 is -0.740. The zero-order valence-electron chi connectivity index (χ0n) is 25.2. The molecule has 2 saturated carbocycles. The number of carboxylic acids is 1. The standard InChI is InChI=1S/C32H48As2O9/c1-3-4-5-6-13-41-23-14-17-7-8-19-18(20(17)15-22(23)34-12-11-33-34)9-10-32(2)21(19)16-24(29(32)38)42-31-27(37)25(35)26(36)28(43-31)30(39)40/h14-15,18-19,21,24-29,31,33,35-38H,3-13,16H2,1-2H3,(H,39,40)/t18-,19+,21-,24+,25-,26-,27+,28-,29-,31?,32-,34?/m0/s1. The van der Waals surface area contributed by atoms with Gasteiger partial charge in [0.05, 0.1) is 0 Å². The van der Waals surface area contributed by atoms with Gasteiger partial charge in [-0.15, -0.1) is 0 Å². The maximum atomic E-state index is 11.6. The van der Waals surface area contributed by atoms with E-state index in [4.69, 9.17) is 14.2 Å². The predicted molar refractivity (Wildman–Crippen MR) is 163 cm³/mol. The molecule has 11 heteroatoms. The fraction of sp³-hybridized carbons (Fsp3) is 0.781. The predicted octanol–water partition coefficient (Wildman–Crippen LogP) is 1.82. The van der Waals surface area contributed by atoms with Crippen LogP contribution in [0, 0.1) is 17.3 Å². The Morgan fingerprint density at radius 1 is 1.12 bits per heavy atom. The van der Waals surface area contributed by atoms with Gasteiger partial charge in [0.15, 0.2) is 0 Å². The van der Waals surface area contributed by atoms with Crippen LogP contribution in [0.4, 0.5) is 0 Å². The van der Waals surface area contributed by atoms with Crippen molar-refractivity contribution in [2.24, 2.45) is 17.3 Å². The number of aryl methyl sites for hydroxylation is 1. The number of hydrogen-bond acceptors (Lipinski definition) is 8. The zero-order valence-corrected chi connectivity index (χ0v) is 29.2. The quantitative estimate of drug-likeness (QED) is 0.180. The molecule has 6 rings (SSSR count). The third-order valence-corrected chi connectivity index (χ3v) is 29.8. The van der Waals surface area contributed by atoms with E-state index in [1.807, 2.05) is 0 Å². The molecule has 0 spiro atoms. The van der Waals surface area contributed by atoms with E-state index >= 15 is 0 Å². The molecule has 2 saturated heterocycles. The second kappa shape index (κ2) is 13.2. The molecule has 0 bridgehead atoms. The molecule has 0 radical (unpaired) electrons. The molecule has 240 valence electrons. The van der Waals surface area contributed by atoms with Crippen LogP contribution < -0.4 is 9.09 Å². The topological polar surface area (TPSA) is 146 Å². The van der Waals surface area contributed by atoms with Crippen LogP contribution in [-0.4, -0.2) is 107 Å². The van der Waals surface area contributed by atoms with Crippen molar-refractivity contribution in [1.82, 2.24) is 0 Å². The van der Waals surface area contributed by atoms with E-state index in [-0.39, 0.29) is 25.0 Å². The van der Waals surface area contributed by atoms with Crippen molar-refractivity contribution >= 4 is 36.6 Å². The van der Waals surface area contributed by atoms with Crippen LogP contribution in [0.2, 0.25) is 10.4 Å². The van der Waals surface area contributed by atoms with Crippen molar-refractivity contribution in [3.05, 3.63) is 23.3 Å². The van der Waals surface area contributed by atoms with Gasteiger partial charge in [-0.05, 0) is 0 Å². The van der Waals surface area contributed by atoms with E-state index in [2.05, 4.69) is 26.0 Å². The summed E-state index contributed by atoms with van der Waals surface area (Å²) in [6, 6.07) is 4.95. The van der Waals surface area contributed by atoms with E-state index in [1.165, 1.54) is 46.6 Å². The van der Waals surface area contributed by atoms with Gasteiger partial charge in [0.25, 0.3) is 0 Å². The molecule has 4 fully saturated rings. The Morgan fingerprint density at radius 3 is 2.60 bits per heavy atom. The minimum atomic E-state index is -1.77. The Labute approximate surface area is 263 Å². The monoisotopic (exact) mass is 726 g/mol. The molecule has 9 nitrogen and oxygen atoms in total. The van der Waals surface area contributed by atoms with E-state index < -0.39 is 61.5 Å². The van der Waals surface area contributed by atoms with Crippen LogP contribution in [0.1, 0.15) is 82.3 Å². The van der Waals surface area contributed by atoms with Gasteiger partial charge in [-0.1, -0.05) is 0 Å². The average molecular weight is 727 g/mol. The number of carboxylic acid groups (broad SMARTS) is 1. The summed E-state index contributed by atoms with van der Waals surface area (Å²) in [5.41, 5.74) is 2.57. The van der Waals surface area contributed by atoms with E-state index in [9.17, 15) is 30.3 Å². The fourth-order valence-electron chi connectivity index (χ4n) is 8.48. The number of aliphatic hydroxyl groups is 4. The van der Waals surface area contributed by atoms with E-state index in [1.54, 1.807) is 4.35 Å². The Balaban J connectivity index is 1.19. The molecule has 2 heterocycles. The summed E-state index contributed by atoms with van der Waals surface area (Å²) in [5, 5.41) is 54.8. The van der Waals surface area contributed by atoms with Crippen molar-refractivity contribution in [1.29, 1.82) is 0 Å². The van der Waals surface area contributed by atoms with Gasteiger partial charge in [-0.25, -0.2) is 4.79 Å². The number of rotatable bonds is 10. The Kier molecular flexibility index (Phi) is 9.95. The third-order valence-electron chi connectivity index (χ3n) is 11.1. The number of hydrogen-bond donors (Lipinski definition) is 5. The van der Waals surface area contributed by atoms with Gasteiger partial charge >= 0.3 is 239 Å². The van der Waals surface area contributed by atoms with Crippen LogP contribution in [0.15, 0.2) is 12.1 Å². The molecule has 43 heavy (non-hydrogen) atoms. The van der Waals surface area contributed by atoms with Gasteiger partial charge in [-0.2, -0.15) is 0 Å². The van der Waals surface area contributed by atoms with Crippen molar-refractivity contribution in [2.45, 2.75) is 131 Å². The molecule has 0 aromatic heterocycles. The Bertz CT molecular complexity index is 1160. The molecule has 5 aliphatic rings. The first-order valence-electron chi connectivity index (χ1n) is 16.2. The van der Waals surface area contributed by atoms with Crippen molar-refractivity contribution in [3.8, 4) is 5.75 Å². The molecule has 1 aromatic carbocycles. The van der Waals surface area contributed by atoms with Gasteiger partial charge in [0, 0.05) is 0 Å². The van der Waals surface area contributed by atoms with Gasteiger partial charge in [0.1, 0.15) is 6.10 Å². The van der Waals surface area contributed by atoms with Crippen LogP contribution in [0.5, 0.6) is 5.75 Å². The number of aliphatic carboxylic acids is 1. The van der Waals surface area contributed by atoms with Crippen molar-refractivity contribution in [3.63, 3.8) is 0 Å². The van der Waals surface area contributed by atoms with Crippen LogP contribution in [0.25, 0.3) is 0 Å². The fourth-order valence-corrected chi connectivity index (χ4v) is 20.4. The number of aliphatic hydroxyl groups excluding tert-OH is 4. The summed E-state index contributed by atoms with van der Waals surface area (Å²) in [6.07, 6.45) is -0.479. The summed E-state index contributed by atoms with van der Waals surface area (Å²) in [7, 11) is 0. The molecule has 13 atom stereocenters. The number of fused-ring (bicyclic) bond motifs is 5. The number of carbonyl (C=O) groups is 1. The molecule has 5 N–H and O–H groups in total. The summed E-state index contributed by atoms with van der Waals surface area (Å²) < 4.78 is 19.5. The second-order valence-electron chi connectivity index (χ2n) is 13.5. The molecule has 3 unspecified atom stereocenters. The maximum absolute atomic E-state index is 11.6. The van der Waals surface area contributed by atoms with E-state index in [0.717, 1.165) is 38.7 Å². The van der Waals surface area contributed by atoms with Crippen LogP contribution >= 0.6 is 0 Å². The van der Waals surface area contributed by atoms with Crippen molar-refractivity contribution in [2.75, 3.05) is 6.61 Å². The van der Waals surface area contributed by atoms with Crippen molar-refractivity contribution < 1.29 is 44.5 Å². The minimum absolute atomic E-state index is 0.185. The van der Waals surface area contributed by atoms with Gasteiger partial charge in [0.2, 0.25) is 0 Å². The first kappa shape index (κ1) is 32.3. The third kappa shape index (κ3) is 6.00. The Hall–Kier alpha value is -0.633. The number of benzene rings is 1. The van der Waals surface area contributed by atoms with Gasteiger partial charge < -0.3 is 15.3 Å². The Morgan fingerprint density at radius 2 is 1.91 bits per heavy atom. The summed E-state index contributed by atoms with van der Waals surface area (Å²) in [6.45, 7) is 5.18. The molecule has 1 aromatic rings. The SMILES string of the molecule is CCCCCCOc1cc2c(cc1[As]1CC[AsH]1)[C@H]1CC[C@]3(C)[C@@H](O)[C@H](OC4O[C@H](C(=O)O)[C@@H](O)[C@H](O)[C@H]4O)C[C@H]3[C@@H]1CC2. The number of unbranched alkanes of at least 4 members (excludes halogenated alkanes) is 3. The summed E-state index contributed by atoms with van der Waals surface area (Å²) in [4.78, 5) is 11.6. The molecule has 0 amide bonds. The van der Waals surface area contributed by atoms with Crippen LogP contribution in [0.3, 0.4) is 0 Å².